The number of hydrogen-bond donors (Lipinski definition) is 3. The molecule has 8 nitrogen and oxygen atoms in total. The summed E-state index contributed by atoms with van der Waals surface area (Å²) in [6.07, 6.45) is 1.24. The van der Waals surface area contributed by atoms with Gasteiger partial charge < -0.3 is 16.4 Å². The van der Waals surface area contributed by atoms with Crippen LogP contribution in [0.1, 0.15) is 23.0 Å². The molecule has 10 heteroatoms. The molecule has 2 aromatic heterocycles. The maximum Gasteiger partial charge on any atom is 0.277 e. The molecule has 0 saturated heterocycles. The average Bonchev–Trinajstić information content (AvgIpc) is 2.92. The normalized spacial score (nSPS) is 17.9. The van der Waals surface area contributed by atoms with E-state index in [2.05, 4.69) is 20.6 Å². The lowest BCUT2D eigenvalue weighted by Crippen LogP contribution is -2.46. The van der Waals surface area contributed by atoms with Crippen LogP contribution in [0.15, 0.2) is 47.5 Å². The van der Waals surface area contributed by atoms with Gasteiger partial charge in [-0.25, -0.2) is 14.4 Å². The molecule has 4 N–H and O–H groups in total. The smallest absolute Gasteiger partial charge is 0.277 e. The Balaban J connectivity index is 1.91. The van der Waals surface area contributed by atoms with E-state index < -0.39 is 22.9 Å². The standard InChI is InChI=1S/C18H14ClFN6O2/c1-18(9-3-2-4-10(20)5-9)25-16(27)15-11(19)6-12(17(28)26(15)18)24-14-7-13(21)22-8-23-14/h2-8H,1H3,(H,25,27)(H3,21,22,23,24). The lowest BCUT2D eigenvalue weighted by atomic mass is 10.0. The molecule has 0 fully saturated rings. The summed E-state index contributed by atoms with van der Waals surface area (Å²) in [5, 5.41) is 5.61. The fourth-order valence-corrected chi connectivity index (χ4v) is 3.50. The molecule has 0 bridgehead atoms. The molecule has 1 atom stereocenters. The lowest BCUT2D eigenvalue weighted by molar-refractivity contribution is 0.0941. The zero-order valence-electron chi connectivity index (χ0n) is 14.5. The van der Waals surface area contributed by atoms with Crippen LogP contribution in [0.25, 0.3) is 0 Å². The van der Waals surface area contributed by atoms with Crippen molar-refractivity contribution in [3.8, 4) is 0 Å². The molecule has 4 rings (SSSR count). The fourth-order valence-electron chi connectivity index (χ4n) is 3.22. The van der Waals surface area contributed by atoms with E-state index >= 15 is 0 Å². The number of amides is 1. The van der Waals surface area contributed by atoms with Crippen molar-refractivity contribution in [2.75, 3.05) is 11.1 Å². The van der Waals surface area contributed by atoms with Crippen molar-refractivity contribution in [3.63, 3.8) is 0 Å². The van der Waals surface area contributed by atoms with Crippen molar-refractivity contribution < 1.29 is 9.18 Å². The number of halogens is 2. The Hall–Kier alpha value is -3.46. The van der Waals surface area contributed by atoms with E-state index in [-0.39, 0.29) is 28.0 Å². The minimum atomic E-state index is -1.32. The molecular formula is C18H14ClFN6O2. The summed E-state index contributed by atoms with van der Waals surface area (Å²) in [7, 11) is 0. The first-order valence-corrected chi connectivity index (χ1v) is 8.56. The summed E-state index contributed by atoms with van der Waals surface area (Å²) in [4.78, 5) is 33.5. The van der Waals surface area contributed by atoms with Crippen molar-refractivity contribution in [3.05, 3.63) is 75.2 Å². The lowest BCUT2D eigenvalue weighted by Gasteiger charge is -2.28. The Labute approximate surface area is 163 Å². The molecule has 1 aliphatic rings. The zero-order valence-corrected chi connectivity index (χ0v) is 15.3. The first-order chi connectivity index (χ1) is 13.3. The van der Waals surface area contributed by atoms with Gasteiger partial charge in [0.1, 0.15) is 40.8 Å². The highest BCUT2D eigenvalue weighted by Gasteiger charge is 2.43. The molecule has 3 heterocycles. The molecule has 0 spiro atoms. The monoisotopic (exact) mass is 400 g/mol. The number of fused-ring (bicyclic) bond motifs is 1. The van der Waals surface area contributed by atoms with Crippen LogP contribution in [0.3, 0.4) is 0 Å². The van der Waals surface area contributed by atoms with Gasteiger partial charge in [-0.3, -0.25) is 14.2 Å². The highest BCUT2D eigenvalue weighted by atomic mass is 35.5. The van der Waals surface area contributed by atoms with Gasteiger partial charge in [0.2, 0.25) is 0 Å². The first kappa shape index (κ1) is 17.9. The highest BCUT2D eigenvalue weighted by Crippen LogP contribution is 2.33. The SMILES string of the molecule is CC1(c2cccc(F)c2)NC(=O)c2c(Cl)cc(Nc3cc(N)ncn3)c(=O)n21. The van der Waals surface area contributed by atoms with E-state index in [0.717, 1.165) is 0 Å². The summed E-state index contributed by atoms with van der Waals surface area (Å²) < 4.78 is 15.0. The van der Waals surface area contributed by atoms with E-state index in [0.29, 0.717) is 5.56 Å². The minimum absolute atomic E-state index is 0.00817. The maximum absolute atomic E-state index is 13.8. The van der Waals surface area contributed by atoms with E-state index in [1.54, 1.807) is 13.0 Å². The summed E-state index contributed by atoms with van der Waals surface area (Å²) in [6, 6.07) is 8.42. The summed E-state index contributed by atoms with van der Waals surface area (Å²) in [6.45, 7) is 1.60. The Morgan fingerprint density at radius 2 is 2.04 bits per heavy atom. The first-order valence-electron chi connectivity index (χ1n) is 8.19. The number of nitrogens with two attached hydrogens (primary N) is 1. The minimum Gasteiger partial charge on any atom is -0.384 e. The molecule has 142 valence electrons. The number of rotatable bonds is 3. The second kappa shape index (κ2) is 6.31. The Morgan fingerprint density at radius 3 is 2.75 bits per heavy atom. The third-order valence-electron chi connectivity index (χ3n) is 4.51. The summed E-state index contributed by atoms with van der Waals surface area (Å²) >= 11 is 6.29. The van der Waals surface area contributed by atoms with Crippen molar-refractivity contribution in [2.45, 2.75) is 12.6 Å². The average molecular weight is 401 g/mol. The van der Waals surface area contributed by atoms with Gasteiger partial charge >= 0.3 is 0 Å². The van der Waals surface area contributed by atoms with Crippen LogP contribution in [0.5, 0.6) is 0 Å². The molecule has 1 aliphatic heterocycles. The van der Waals surface area contributed by atoms with Crippen molar-refractivity contribution in [1.82, 2.24) is 19.9 Å². The Bertz CT molecular complexity index is 1180. The second-order valence-electron chi connectivity index (χ2n) is 6.38. The number of carbonyl (C=O) groups excluding carboxylic acids is 1. The van der Waals surface area contributed by atoms with Crippen molar-refractivity contribution in [1.29, 1.82) is 0 Å². The van der Waals surface area contributed by atoms with Crippen molar-refractivity contribution in [2.24, 2.45) is 0 Å². The van der Waals surface area contributed by atoms with Gasteiger partial charge in [0.25, 0.3) is 11.5 Å². The van der Waals surface area contributed by atoms with E-state index in [4.69, 9.17) is 17.3 Å². The van der Waals surface area contributed by atoms with Gasteiger partial charge in [0.15, 0.2) is 0 Å². The molecule has 1 aromatic carbocycles. The van der Waals surface area contributed by atoms with Crippen LogP contribution in [0.2, 0.25) is 5.02 Å². The van der Waals surface area contributed by atoms with Crippen LogP contribution >= 0.6 is 11.6 Å². The van der Waals surface area contributed by atoms with Crippen molar-refractivity contribution >= 4 is 34.8 Å². The van der Waals surface area contributed by atoms with Crippen LogP contribution in [0, 0.1) is 5.82 Å². The third-order valence-corrected chi connectivity index (χ3v) is 4.80. The van der Waals surface area contributed by atoms with E-state index in [1.807, 2.05) is 0 Å². The number of aromatic nitrogens is 3. The number of carbonyl (C=O) groups is 1. The number of nitrogens with one attached hydrogen (secondary N) is 2. The third kappa shape index (κ3) is 2.76. The maximum atomic E-state index is 13.8. The van der Waals surface area contributed by atoms with Gasteiger partial charge in [0.05, 0.1) is 5.02 Å². The quantitative estimate of drug-likeness (QED) is 0.621. The number of benzene rings is 1. The van der Waals surface area contributed by atoms with E-state index in [1.165, 1.54) is 41.2 Å². The Kier molecular flexibility index (Phi) is 4.04. The van der Waals surface area contributed by atoms with Gasteiger partial charge in [-0.1, -0.05) is 23.7 Å². The van der Waals surface area contributed by atoms with E-state index in [9.17, 15) is 14.0 Å². The zero-order chi connectivity index (χ0) is 20.1. The molecule has 0 aliphatic carbocycles. The van der Waals surface area contributed by atoms with Crippen LogP contribution < -0.4 is 21.9 Å². The number of anilines is 3. The second-order valence-corrected chi connectivity index (χ2v) is 6.79. The molecule has 1 unspecified atom stereocenters. The van der Waals surface area contributed by atoms with Gasteiger partial charge in [0, 0.05) is 11.6 Å². The van der Waals surface area contributed by atoms with Crippen LogP contribution in [-0.4, -0.2) is 20.4 Å². The Morgan fingerprint density at radius 1 is 1.25 bits per heavy atom. The van der Waals surface area contributed by atoms with Crippen LogP contribution in [0.4, 0.5) is 21.7 Å². The van der Waals surface area contributed by atoms with Crippen LogP contribution in [-0.2, 0) is 5.66 Å². The van der Waals surface area contributed by atoms with Gasteiger partial charge in [-0.2, -0.15) is 0 Å². The largest absolute Gasteiger partial charge is 0.384 e. The van der Waals surface area contributed by atoms with Gasteiger partial charge in [-0.05, 0) is 25.1 Å². The van der Waals surface area contributed by atoms with Gasteiger partial charge in [-0.15, -0.1) is 0 Å². The molecular weight excluding hydrogens is 387 g/mol. The molecule has 1 amide bonds. The summed E-state index contributed by atoms with van der Waals surface area (Å²) in [5.74, 6) is -0.532. The predicted octanol–water partition coefficient (Wildman–Crippen LogP) is 2.22. The number of pyridine rings is 1. The summed E-state index contributed by atoms with van der Waals surface area (Å²) in [5.41, 5.74) is 4.23. The fraction of sp³-hybridized carbons (Fsp3) is 0.111. The topological polar surface area (TPSA) is 115 Å². The number of nitrogens with zero attached hydrogens (tertiary/aromatic N) is 3. The predicted molar refractivity (Wildman–Crippen MR) is 102 cm³/mol. The number of nitrogen functional groups attached to an aromatic ring is 1. The molecule has 28 heavy (non-hydrogen) atoms. The molecule has 0 radical (unpaired) electrons. The highest BCUT2D eigenvalue weighted by molar-refractivity contribution is 6.34. The number of hydrogen-bond acceptors (Lipinski definition) is 6. The molecule has 3 aromatic rings. The molecule has 0 saturated carbocycles.